The minimum absolute atomic E-state index is 0.0299. The number of aliphatic hydroxyl groups is 1. The molecule has 0 aliphatic carbocycles. The normalized spacial score (nSPS) is 20.0. The number of aliphatic hydroxyl groups excluding tert-OH is 1. The van der Waals surface area contributed by atoms with Crippen LogP contribution in [0.25, 0.3) is 11.1 Å². The zero-order valence-electron chi connectivity index (χ0n) is 17.8. The quantitative estimate of drug-likeness (QED) is 0.576. The molecule has 3 aromatic rings. The van der Waals surface area contributed by atoms with Gasteiger partial charge in [-0.25, -0.2) is 4.39 Å². The highest BCUT2D eigenvalue weighted by molar-refractivity contribution is 5.79. The lowest BCUT2D eigenvalue weighted by Crippen LogP contribution is -2.47. The highest BCUT2D eigenvalue weighted by Crippen LogP contribution is 2.41. The average Bonchev–Trinajstić information content (AvgIpc) is 2.80. The molecular formula is C27H28FNO2. The Hall–Kier alpha value is -2.98. The first-order valence-corrected chi connectivity index (χ1v) is 10.8. The van der Waals surface area contributed by atoms with Crippen LogP contribution in [-0.2, 0) is 10.2 Å². The van der Waals surface area contributed by atoms with Crippen molar-refractivity contribution in [2.24, 2.45) is 0 Å². The maximum Gasteiger partial charge on any atom is 0.223 e. The topological polar surface area (TPSA) is 40.5 Å². The van der Waals surface area contributed by atoms with Crippen LogP contribution < -0.4 is 0 Å². The first-order chi connectivity index (χ1) is 15.0. The molecule has 160 valence electrons. The number of halogens is 1. The summed E-state index contributed by atoms with van der Waals surface area (Å²) in [6.07, 6.45) is 1.84. The molecule has 4 heteroatoms. The fourth-order valence-corrected chi connectivity index (χ4v) is 4.73. The van der Waals surface area contributed by atoms with Gasteiger partial charge in [0.2, 0.25) is 5.91 Å². The highest BCUT2D eigenvalue weighted by atomic mass is 19.1. The third-order valence-corrected chi connectivity index (χ3v) is 6.66. The molecule has 1 amide bonds. The van der Waals surface area contributed by atoms with Crippen molar-refractivity contribution in [1.82, 2.24) is 4.90 Å². The third kappa shape index (κ3) is 4.40. The molecule has 0 spiro atoms. The van der Waals surface area contributed by atoms with Crippen molar-refractivity contribution in [3.63, 3.8) is 0 Å². The van der Waals surface area contributed by atoms with E-state index in [1.165, 1.54) is 12.1 Å². The Bertz CT molecular complexity index is 1020. The first-order valence-electron chi connectivity index (χ1n) is 10.8. The van der Waals surface area contributed by atoms with Gasteiger partial charge in [0.05, 0.1) is 6.04 Å². The van der Waals surface area contributed by atoms with Crippen molar-refractivity contribution >= 4 is 5.91 Å². The van der Waals surface area contributed by atoms with Gasteiger partial charge in [-0.05, 0) is 54.2 Å². The molecule has 0 saturated carbocycles. The van der Waals surface area contributed by atoms with Crippen LogP contribution in [0.2, 0.25) is 0 Å². The summed E-state index contributed by atoms with van der Waals surface area (Å²) in [6.45, 7) is 2.80. The number of nitrogens with zero attached hydrogens (tertiary/aromatic N) is 1. The fourth-order valence-electron chi connectivity index (χ4n) is 4.73. The molecule has 3 aromatic carbocycles. The molecule has 1 saturated heterocycles. The molecule has 1 N–H and O–H groups in total. The van der Waals surface area contributed by atoms with Crippen molar-refractivity contribution in [2.45, 2.75) is 37.6 Å². The van der Waals surface area contributed by atoms with E-state index in [1.807, 2.05) is 47.4 Å². The fraction of sp³-hybridized carbons (Fsp3) is 0.296. The van der Waals surface area contributed by atoms with Crippen LogP contribution in [-0.4, -0.2) is 29.1 Å². The molecule has 1 unspecified atom stereocenters. The van der Waals surface area contributed by atoms with Gasteiger partial charge in [-0.15, -0.1) is 0 Å². The average molecular weight is 418 g/mol. The Morgan fingerprint density at radius 2 is 1.58 bits per heavy atom. The SMILES string of the molecule is C[C@@H](c1ccc(-c2ccc(F)cc2)cc1)N1CCC(CCO)(c2ccccc2)CC1=O. The van der Waals surface area contributed by atoms with Crippen LogP contribution in [0.15, 0.2) is 78.9 Å². The third-order valence-electron chi connectivity index (χ3n) is 6.66. The summed E-state index contributed by atoms with van der Waals surface area (Å²) in [5.41, 5.74) is 3.90. The number of piperidine rings is 1. The molecule has 2 atom stereocenters. The highest BCUT2D eigenvalue weighted by Gasteiger charge is 2.41. The van der Waals surface area contributed by atoms with E-state index in [1.54, 1.807) is 12.1 Å². The predicted molar refractivity (Wildman–Crippen MR) is 121 cm³/mol. The Morgan fingerprint density at radius 3 is 2.16 bits per heavy atom. The van der Waals surface area contributed by atoms with E-state index < -0.39 is 0 Å². The van der Waals surface area contributed by atoms with Crippen LogP contribution in [0.4, 0.5) is 4.39 Å². The monoisotopic (exact) mass is 417 g/mol. The number of benzene rings is 3. The standard InChI is InChI=1S/C27H28FNO2/c1-20(21-7-9-22(10-8-21)23-11-13-25(28)14-12-23)29-17-15-27(16-18-30,19-26(29)31)24-5-3-2-4-6-24/h2-14,20,30H,15-19H2,1H3/t20-,27?/m0/s1. The number of rotatable bonds is 6. The van der Waals surface area contributed by atoms with Gasteiger partial charge in [0, 0.05) is 25.0 Å². The maximum atomic E-state index is 13.2. The summed E-state index contributed by atoms with van der Waals surface area (Å²) >= 11 is 0. The Kier molecular flexibility index (Phi) is 6.19. The van der Waals surface area contributed by atoms with E-state index in [2.05, 4.69) is 19.1 Å². The van der Waals surface area contributed by atoms with Crippen LogP contribution in [0.5, 0.6) is 0 Å². The number of hydrogen-bond acceptors (Lipinski definition) is 2. The molecule has 1 fully saturated rings. The minimum atomic E-state index is -0.296. The van der Waals surface area contributed by atoms with Gasteiger partial charge >= 0.3 is 0 Å². The largest absolute Gasteiger partial charge is 0.396 e. The number of amides is 1. The zero-order chi connectivity index (χ0) is 21.8. The number of carbonyl (C=O) groups excluding carboxylic acids is 1. The summed E-state index contributed by atoms with van der Waals surface area (Å²) < 4.78 is 13.2. The maximum absolute atomic E-state index is 13.2. The van der Waals surface area contributed by atoms with Gasteiger partial charge in [-0.1, -0.05) is 66.7 Å². The van der Waals surface area contributed by atoms with Crippen LogP contribution in [0.3, 0.4) is 0 Å². The smallest absolute Gasteiger partial charge is 0.223 e. The summed E-state index contributed by atoms with van der Waals surface area (Å²) in [7, 11) is 0. The molecule has 0 radical (unpaired) electrons. The molecule has 1 aliphatic heterocycles. The van der Waals surface area contributed by atoms with Gasteiger partial charge in [0.1, 0.15) is 5.82 Å². The second kappa shape index (κ2) is 9.03. The second-order valence-corrected chi connectivity index (χ2v) is 8.44. The van der Waals surface area contributed by atoms with E-state index in [4.69, 9.17) is 0 Å². The Labute approximate surface area is 183 Å². The van der Waals surface area contributed by atoms with Crippen molar-refractivity contribution in [3.8, 4) is 11.1 Å². The number of carbonyl (C=O) groups is 1. The van der Waals surface area contributed by atoms with Crippen LogP contribution >= 0.6 is 0 Å². The molecule has 3 nitrogen and oxygen atoms in total. The van der Waals surface area contributed by atoms with Crippen molar-refractivity contribution in [1.29, 1.82) is 0 Å². The predicted octanol–water partition coefficient (Wildman–Crippen LogP) is 5.50. The zero-order valence-corrected chi connectivity index (χ0v) is 17.8. The summed E-state index contributed by atoms with van der Waals surface area (Å²) in [6, 6.07) is 24.7. The molecular weight excluding hydrogens is 389 g/mol. The lowest BCUT2D eigenvalue weighted by atomic mass is 9.70. The molecule has 1 heterocycles. The van der Waals surface area contributed by atoms with E-state index >= 15 is 0 Å². The van der Waals surface area contributed by atoms with Gasteiger partial charge in [0.25, 0.3) is 0 Å². The molecule has 31 heavy (non-hydrogen) atoms. The first kappa shape index (κ1) is 21.3. The lowest BCUT2D eigenvalue weighted by Gasteiger charge is -2.43. The van der Waals surface area contributed by atoms with Gasteiger partial charge in [0.15, 0.2) is 0 Å². The molecule has 4 rings (SSSR count). The number of likely N-dealkylation sites (tertiary alicyclic amines) is 1. The van der Waals surface area contributed by atoms with E-state index in [9.17, 15) is 14.3 Å². The minimum Gasteiger partial charge on any atom is -0.396 e. The van der Waals surface area contributed by atoms with Crippen LogP contribution in [0, 0.1) is 5.82 Å². The second-order valence-electron chi connectivity index (χ2n) is 8.44. The number of hydrogen-bond donors (Lipinski definition) is 1. The molecule has 0 aromatic heterocycles. The summed E-state index contributed by atoms with van der Waals surface area (Å²) in [4.78, 5) is 15.2. The lowest BCUT2D eigenvalue weighted by molar-refractivity contribution is -0.138. The molecule has 1 aliphatic rings. The van der Waals surface area contributed by atoms with Gasteiger partial charge in [-0.2, -0.15) is 0 Å². The summed E-state index contributed by atoms with van der Waals surface area (Å²) in [5.74, 6) is -0.121. The Balaban J connectivity index is 1.50. The van der Waals surface area contributed by atoms with E-state index in [0.717, 1.165) is 28.7 Å². The van der Waals surface area contributed by atoms with Crippen molar-refractivity contribution in [2.75, 3.05) is 13.2 Å². The van der Waals surface area contributed by atoms with Gasteiger partial charge < -0.3 is 10.0 Å². The van der Waals surface area contributed by atoms with Crippen LogP contribution in [0.1, 0.15) is 43.4 Å². The van der Waals surface area contributed by atoms with Crippen molar-refractivity contribution < 1.29 is 14.3 Å². The molecule has 0 bridgehead atoms. The van der Waals surface area contributed by atoms with Gasteiger partial charge in [-0.3, -0.25) is 4.79 Å². The van der Waals surface area contributed by atoms with E-state index in [0.29, 0.717) is 19.4 Å². The summed E-state index contributed by atoms with van der Waals surface area (Å²) in [5, 5.41) is 9.67. The van der Waals surface area contributed by atoms with Crippen molar-refractivity contribution in [3.05, 3.63) is 95.8 Å². The van der Waals surface area contributed by atoms with E-state index in [-0.39, 0.29) is 29.8 Å². The Morgan fingerprint density at radius 1 is 0.968 bits per heavy atom.